The highest BCUT2D eigenvalue weighted by molar-refractivity contribution is 9.11. The van der Waals surface area contributed by atoms with Crippen LogP contribution in [0.2, 0.25) is 5.02 Å². The highest BCUT2D eigenvalue weighted by atomic mass is 79.9. The zero-order valence-corrected chi connectivity index (χ0v) is 14.7. The molecule has 0 aromatic heterocycles. The average molecular weight is 437 g/mol. The number of halogens is 3. The minimum absolute atomic E-state index is 0.145. The molecule has 0 bridgehead atoms. The molecular formula is C13H9Br2ClN2OS. The van der Waals surface area contributed by atoms with E-state index in [2.05, 4.69) is 42.5 Å². The van der Waals surface area contributed by atoms with Crippen molar-refractivity contribution >= 4 is 72.2 Å². The Morgan fingerprint density at radius 3 is 2.05 bits per heavy atom. The van der Waals surface area contributed by atoms with E-state index in [1.807, 2.05) is 12.1 Å². The molecule has 20 heavy (non-hydrogen) atoms. The highest BCUT2D eigenvalue weighted by Gasteiger charge is 2.07. The van der Waals surface area contributed by atoms with Crippen LogP contribution in [0.5, 0.6) is 5.75 Å². The molecule has 0 amide bonds. The number of hydrogen-bond acceptors (Lipinski definition) is 2. The van der Waals surface area contributed by atoms with Crippen LogP contribution in [0.3, 0.4) is 0 Å². The molecule has 3 nitrogen and oxygen atoms in total. The fraction of sp³-hybridized carbons (Fsp3) is 0. The van der Waals surface area contributed by atoms with Crippen molar-refractivity contribution in [1.82, 2.24) is 0 Å². The molecule has 0 saturated carbocycles. The Morgan fingerprint density at radius 2 is 1.50 bits per heavy atom. The molecule has 0 heterocycles. The van der Waals surface area contributed by atoms with Gasteiger partial charge in [-0.2, -0.15) is 0 Å². The summed E-state index contributed by atoms with van der Waals surface area (Å²) in [6.45, 7) is 0. The van der Waals surface area contributed by atoms with E-state index in [9.17, 15) is 5.11 Å². The summed E-state index contributed by atoms with van der Waals surface area (Å²) in [5.41, 5.74) is 1.58. The maximum atomic E-state index is 9.64. The molecule has 0 spiro atoms. The van der Waals surface area contributed by atoms with Crippen LogP contribution < -0.4 is 10.6 Å². The van der Waals surface area contributed by atoms with Crippen LogP contribution in [0.15, 0.2) is 45.3 Å². The predicted octanol–water partition coefficient (Wildman–Crippen LogP) is 5.38. The second-order valence-corrected chi connectivity index (χ2v) is 6.43. The largest absolute Gasteiger partial charge is 0.506 e. The van der Waals surface area contributed by atoms with Crippen molar-refractivity contribution in [2.45, 2.75) is 0 Å². The Balaban J connectivity index is 2.06. The summed E-state index contributed by atoms with van der Waals surface area (Å²) in [7, 11) is 0. The lowest BCUT2D eigenvalue weighted by Crippen LogP contribution is -2.18. The lowest BCUT2D eigenvalue weighted by atomic mass is 10.3. The minimum atomic E-state index is 0.145. The Bertz CT molecular complexity index is 626. The lowest BCUT2D eigenvalue weighted by molar-refractivity contribution is 0.468. The van der Waals surface area contributed by atoms with Crippen LogP contribution in [0, 0.1) is 0 Å². The molecule has 0 aliphatic heterocycles. The molecule has 0 radical (unpaired) electrons. The van der Waals surface area contributed by atoms with Crippen molar-refractivity contribution in [2.75, 3.05) is 10.6 Å². The average Bonchev–Trinajstić information content (AvgIpc) is 2.38. The van der Waals surface area contributed by atoms with Crippen LogP contribution in [-0.4, -0.2) is 10.2 Å². The molecule has 7 heteroatoms. The summed E-state index contributed by atoms with van der Waals surface area (Å²) in [5, 5.41) is 16.8. The first-order chi connectivity index (χ1) is 9.45. The summed E-state index contributed by atoms with van der Waals surface area (Å²) in [4.78, 5) is 0. The Hall–Kier alpha value is -0.820. The summed E-state index contributed by atoms with van der Waals surface area (Å²) in [5.74, 6) is 0.145. The smallest absolute Gasteiger partial charge is 0.175 e. The van der Waals surface area contributed by atoms with Gasteiger partial charge in [-0.05, 0) is 80.5 Å². The monoisotopic (exact) mass is 434 g/mol. The van der Waals surface area contributed by atoms with E-state index in [4.69, 9.17) is 23.8 Å². The van der Waals surface area contributed by atoms with Gasteiger partial charge in [0.15, 0.2) is 5.11 Å². The maximum Gasteiger partial charge on any atom is 0.175 e. The zero-order valence-electron chi connectivity index (χ0n) is 9.95. The molecule has 2 rings (SSSR count). The zero-order chi connectivity index (χ0) is 14.7. The van der Waals surface area contributed by atoms with Gasteiger partial charge in [0, 0.05) is 16.4 Å². The van der Waals surface area contributed by atoms with Crippen molar-refractivity contribution in [3.8, 4) is 5.75 Å². The third-order valence-corrected chi connectivity index (χ3v) is 4.04. The minimum Gasteiger partial charge on any atom is -0.506 e. The molecule has 3 N–H and O–H groups in total. The number of aromatic hydroxyl groups is 1. The number of phenols is 1. The molecule has 2 aromatic rings. The summed E-state index contributed by atoms with van der Waals surface area (Å²) >= 11 is 17.6. The van der Waals surface area contributed by atoms with Gasteiger partial charge >= 0.3 is 0 Å². The second-order valence-electron chi connectivity index (χ2n) is 3.87. The topological polar surface area (TPSA) is 44.3 Å². The van der Waals surface area contributed by atoms with Gasteiger partial charge in [-0.15, -0.1) is 0 Å². The van der Waals surface area contributed by atoms with E-state index < -0.39 is 0 Å². The third kappa shape index (κ3) is 4.09. The molecule has 0 aliphatic carbocycles. The molecule has 2 aromatic carbocycles. The van der Waals surface area contributed by atoms with Crippen molar-refractivity contribution in [3.05, 3.63) is 50.4 Å². The van der Waals surface area contributed by atoms with Crippen molar-refractivity contribution < 1.29 is 5.11 Å². The number of anilines is 2. The van der Waals surface area contributed by atoms with E-state index in [0.717, 1.165) is 11.4 Å². The normalized spacial score (nSPS) is 10.2. The lowest BCUT2D eigenvalue weighted by Gasteiger charge is -2.12. The number of benzene rings is 2. The van der Waals surface area contributed by atoms with Crippen LogP contribution in [0.25, 0.3) is 0 Å². The SMILES string of the molecule is Oc1c(Br)cc(NC(=S)Nc2ccc(Cl)cc2)cc1Br. The van der Waals surface area contributed by atoms with Crippen LogP contribution in [0.1, 0.15) is 0 Å². The summed E-state index contributed by atoms with van der Waals surface area (Å²) in [6, 6.07) is 10.7. The number of thiocarbonyl (C=S) groups is 1. The van der Waals surface area contributed by atoms with Gasteiger partial charge < -0.3 is 15.7 Å². The van der Waals surface area contributed by atoms with E-state index in [1.165, 1.54) is 0 Å². The number of hydrogen-bond donors (Lipinski definition) is 3. The quantitative estimate of drug-likeness (QED) is 0.437. The number of phenolic OH excluding ortho intramolecular Hbond substituents is 1. The van der Waals surface area contributed by atoms with Crippen molar-refractivity contribution in [3.63, 3.8) is 0 Å². The standard InChI is InChI=1S/C13H9Br2ClN2OS/c14-10-5-9(6-11(15)12(10)19)18-13(20)17-8-3-1-7(16)2-4-8/h1-6,19H,(H2,17,18,20). The third-order valence-electron chi connectivity index (χ3n) is 2.38. The van der Waals surface area contributed by atoms with Gasteiger partial charge in [-0.1, -0.05) is 11.6 Å². The van der Waals surface area contributed by atoms with Crippen LogP contribution >= 0.6 is 55.7 Å². The van der Waals surface area contributed by atoms with Gasteiger partial charge in [0.2, 0.25) is 0 Å². The molecular weight excluding hydrogens is 427 g/mol. The van der Waals surface area contributed by atoms with Crippen molar-refractivity contribution in [2.24, 2.45) is 0 Å². The Labute approximate surface area is 143 Å². The Kier molecular flexibility index (Phi) is 5.26. The first-order valence-electron chi connectivity index (χ1n) is 5.47. The summed E-state index contributed by atoms with van der Waals surface area (Å²) in [6.07, 6.45) is 0. The van der Waals surface area contributed by atoms with Gasteiger partial charge in [-0.25, -0.2) is 0 Å². The van der Waals surface area contributed by atoms with Gasteiger partial charge in [-0.3, -0.25) is 0 Å². The van der Waals surface area contributed by atoms with Crippen LogP contribution in [0.4, 0.5) is 11.4 Å². The number of rotatable bonds is 2. The van der Waals surface area contributed by atoms with Crippen LogP contribution in [-0.2, 0) is 0 Å². The van der Waals surface area contributed by atoms with Gasteiger partial charge in [0.25, 0.3) is 0 Å². The molecule has 0 saturated heterocycles. The molecule has 0 fully saturated rings. The van der Waals surface area contributed by atoms with E-state index in [-0.39, 0.29) is 5.75 Å². The first kappa shape index (κ1) is 15.6. The highest BCUT2D eigenvalue weighted by Crippen LogP contribution is 2.35. The fourth-order valence-electron chi connectivity index (χ4n) is 1.46. The van der Waals surface area contributed by atoms with Crippen molar-refractivity contribution in [1.29, 1.82) is 0 Å². The molecule has 104 valence electrons. The molecule has 0 unspecified atom stereocenters. The predicted molar refractivity (Wildman–Crippen MR) is 94.8 cm³/mol. The molecule has 0 aliphatic rings. The first-order valence-corrected chi connectivity index (χ1v) is 7.84. The number of nitrogens with one attached hydrogen (secondary N) is 2. The van der Waals surface area contributed by atoms with Gasteiger partial charge in [0.05, 0.1) is 8.95 Å². The van der Waals surface area contributed by atoms with E-state index >= 15 is 0 Å². The van der Waals surface area contributed by atoms with E-state index in [0.29, 0.717) is 19.1 Å². The fourth-order valence-corrected chi connectivity index (χ4v) is 3.01. The molecule has 0 atom stereocenters. The second kappa shape index (κ2) is 6.76. The maximum absolute atomic E-state index is 9.64. The Morgan fingerprint density at radius 1 is 1.00 bits per heavy atom. The summed E-state index contributed by atoms with van der Waals surface area (Å²) < 4.78 is 1.15. The van der Waals surface area contributed by atoms with E-state index in [1.54, 1.807) is 24.3 Å². The van der Waals surface area contributed by atoms with Gasteiger partial charge in [0.1, 0.15) is 5.75 Å².